The van der Waals surface area contributed by atoms with Crippen molar-refractivity contribution in [2.24, 2.45) is 0 Å². The molecule has 1 N–H and O–H groups in total. The minimum atomic E-state index is 0.911. The Balaban J connectivity index is 0.000000550. The number of isothiocyanates is 1. The summed E-state index contributed by atoms with van der Waals surface area (Å²) in [5.41, 5.74) is 1.31. The Morgan fingerprint density at radius 3 is 2.21 bits per heavy atom. The monoisotopic (exact) mass is 289 g/mol. The summed E-state index contributed by atoms with van der Waals surface area (Å²) in [5.74, 6) is 1.90. The Morgan fingerprint density at radius 2 is 1.68 bits per heavy atom. The van der Waals surface area contributed by atoms with E-state index in [0.717, 1.165) is 11.5 Å². The van der Waals surface area contributed by atoms with Crippen molar-refractivity contribution in [3.05, 3.63) is 60.2 Å². The van der Waals surface area contributed by atoms with E-state index in [4.69, 9.17) is 10.1 Å². The molecule has 0 spiro atoms. The molecule has 2 aromatic rings. The average molecular weight is 289 g/mol. The van der Waals surface area contributed by atoms with Crippen LogP contribution in [0.4, 0.5) is 0 Å². The van der Waals surface area contributed by atoms with E-state index in [1.165, 1.54) is 10.5 Å². The largest absolute Gasteiger partial charge is 0.497 e. The fraction of sp³-hybridized carbons (Fsp3) is 0.133. The standard InChI is InChI=1S/C14H14OS.CHNS/c1-15-13-9-7-12(8-10-13)11-16-14-5-3-2-4-6-14;2-1-3/h2-10H,11H2,1H3;2H. The second kappa shape index (κ2) is 9.34. The van der Waals surface area contributed by atoms with Crippen LogP contribution >= 0.6 is 24.0 Å². The van der Waals surface area contributed by atoms with Crippen molar-refractivity contribution in [3.63, 3.8) is 0 Å². The van der Waals surface area contributed by atoms with Crippen LogP contribution in [0.5, 0.6) is 5.75 Å². The molecule has 98 valence electrons. The molecule has 0 aliphatic heterocycles. The summed E-state index contributed by atoms with van der Waals surface area (Å²) in [6.07, 6.45) is 0. The van der Waals surface area contributed by atoms with Gasteiger partial charge in [0.1, 0.15) is 5.75 Å². The summed E-state index contributed by atoms with van der Waals surface area (Å²) in [6, 6.07) is 18.7. The number of hydrogen-bond acceptors (Lipinski definition) is 4. The number of methoxy groups -OCH3 is 1. The SMILES string of the molecule is COc1ccc(CSc2ccccc2)cc1.N=C=S. The molecular formula is C15H15NOS2. The Hall–Kier alpha value is -1.61. The zero-order chi connectivity index (χ0) is 13.9. The van der Waals surface area contributed by atoms with Crippen molar-refractivity contribution in [2.45, 2.75) is 10.6 Å². The molecule has 2 aromatic carbocycles. The Bertz CT molecular complexity index is 505. The third-order valence-electron chi connectivity index (χ3n) is 2.31. The molecule has 4 heteroatoms. The summed E-state index contributed by atoms with van der Waals surface area (Å²) in [4.78, 5) is 1.30. The highest BCUT2D eigenvalue weighted by Crippen LogP contribution is 2.23. The Kier molecular flexibility index (Phi) is 7.59. The van der Waals surface area contributed by atoms with Crippen molar-refractivity contribution in [3.8, 4) is 5.75 Å². The Labute approximate surface area is 123 Å². The topological polar surface area (TPSA) is 33.1 Å². The predicted octanol–water partition coefficient (Wildman–Crippen LogP) is 4.66. The zero-order valence-electron chi connectivity index (χ0n) is 10.6. The molecule has 19 heavy (non-hydrogen) atoms. The molecule has 0 aliphatic carbocycles. The lowest BCUT2D eigenvalue weighted by Gasteiger charge is -2.03. The molecule has 2 nitrogen and oxygen atoms in total. The molecule has 0 saturated heterocycles. The summed E-state index contributed by atoms with van der Waals surface area (Å²) in [6.45, 7) is 0. The van der Waals surface area contributed by atoms with E-state index >= 15 is 0 Å². The van der Waals surface area contributed by atoms with Gasteiger partial charge in [-0.3, -0.25) is 0 Å². The van der Waals surface area contributed by atoms with E-state index < -0.39 is 0 Å². The number of hydrogen-bond donors (Lipinski definition) is 1. The first-order valence-corrected chi connectivity index (χ1v) is 7.04. The van der Waals surface area contributed by atoms with Crippen LogP contribution in [0.3, 0.4) is 0 Å². The lowest BCUT2D eigenvalue weighted by Crippen LogP contribution is -1.84. The summed E-state index contributed by atoms with van der Waals surface area (Å²) >= 11 is 5.66. The third kappa shape index (κ3) is 6.20. The number of ether oxygens (including phenoxy) is 1. The van der Waals surface area contributed by atoms with E-state index in [2.05, 4.69) is 48.6 Å². The smallest absolute Gasteiger partial charge is 0.118 e. The van der Waals surface area contributed by atoms with Gasteiger partial charge in [-0.05, 0) is 42.0 Å². The second-order valence-electron chi connectivity index (χ2n) is 3.55. The molecule has 0 fully saturated rings. The van der Waals surface area contributed by atoms with Gasteiger partial charge in [0.15, 0.2) is 0 Å². The number of nitrogens with one attached hydrogen (secondary N) is 1. The molecule has 0 amide bonds. The van der Waals surface area contributed by atoms with Crippen LogP contribution in [0.15, 0.2) is 59.5 Å². The second-order valence-corrected chi connectivity index (χ2v) is 4.80. The Morgan fingerprint density at radius 1 is 1.11 bits per heavy atom. The van der Waals surface area contributed by atoms with Gasteiger partial charge in [-0.1, -0.05) is 30.3 Å². The summed E-state index contributed by atoms with van der Waals surface area (Å²) in [5, 5.41) is 7.36. The lowest BCUT2D eigenvalue weighted by molar-refractivity contribution is 0.414. The van der Waals surface area contributed by atoms with E-state index in [9.17, 15) is 0 Å². The first kappa shape index (κ1) is 15.4. The predicted molar refractivity (Wildman–Crippen MR) is 84.3 cm³/mol. The number of rotatable bonds is 4. The third-order valence-corrected chi connectivity index (χ3v) is 3.39. The molecular weight excluding hydrogens is 274 g/mol. The van der Waals surface area contributed by atoms with Gasteiger partial charge in [0.25, 0.3) is 0 Å². The van der Waals surface area contributed by atoms with Crippen molar-refractivity contribution in [2.75, 3.05) is 7.11 Å². The fourth-order valence-electron chi connectivity index (χ4n) is 1.41. The fourth-order valence-corrected chi connectivity index (χ4v) is 2.28. The first-order chi connectivity index (χ1) is 9.30. The highest BCUT2D eigenvalue weighted by Gasteiger charge is 1.96. The first-order valence-electron chi connectivity index (χ1n) is 5.64. The normalized spacial score (nSPS) is 8.89. The van der Waals surface area contributed by atoms with Crippen molar-refractivity contribution < 1.29 is 4.74 Å². The molecule has 0 radical (unpaired) electrons. The maximum Gasteiger partial charge on any atom is 0.118 e. The van der Waals surface area contributed by atoms with E-state index in [0.29, 0.717) is 0 Å². The van der Waals surface area contributed by atoms with Gasteiger partial charge in [0.2, 0.25) is 0 Å². The molecule has 0 saturated carbocycles. The summed E-state index contributed by atoms with van der Waals surface area (Å²) < 4.78 is 5.13. The van der Waals surface area contributed by atoms with Gasteiger partial charge >= 0.3 is 0 Å². The molecule has 0 atom stereocenters. The lowest BCUT2D eigenvalue weighted by atomic mass is 10.2. The van der Waals surface area contributed by atoms with E-state index in [-0.39, 0.29) is 0 Å². The van der Waals surface area contributed by atoms with Gasteiger partial charge < -0.3 is 4.74 Å². The van der Waals surface area contributed by atoms with Crippen molar-refractivity contribution in [1.29, 1.82) is 5.41 Å². The highest BCUT2D eigenvalue weighted by molar-refractivity contribution is 7.98. The van der Waals surface area contributed by atoms with E-state index in [1.54, 1.807) is 12.3 Å². The van der Waals surface area contributed by atoms with Crippen LogP contribution in [-0.2, 0) is 5.75 Å². The van der Waals surface area contributed by atoms with Crippen LogP contribution in [0, 0.1) is 5.41 Å². The van der Waals surface area contributed by atoms with Crippen molar-refractivity contribution >= 4 is 29.1 Å². The van der Waals surface area contributed by atoms with Gasteiger partial charge in [0.05, 0.1) is 12.3 Å². The highest BCUT2D eigenvalue weighted by atomic mass is 32.2. The molecule has 0 unspecified atom stereocenters. The van der Waals surface area contributed by atoms with Gasteiger partial charge in [-0.2, -0.15) is 0 Å². The minimum absolute atomic E-state index is 0.911. The quantitative estimate of drug-likeness (QED) is 0.505. The van der Waals surface area contributed by atoms with E-state index in [1.807, 2.05) is 30.0 Å². The van der Waals surface area contributed by atoms with Crippen molar-refractivity contribution in [1.82, 2.24) is 0 Å². The minimum Gasteiger partial charge on any atom is -0.497 e. The van der Waals surface area contributed by atoms with Crippen LogP contribution in [0.1, 0.15) is 5.56 Å². The average Bonchev–Trinajstić information content (AvgIpc) is 2.47. The van der Waals surface area contributed by atoms with Gasteiger partial charge in [-0.15, -0.1) is 11.8 Å². The molecule has 0 aliphatic rings. The van der Waals surface area contributed by atoms with Gasteiger partial charge in [0, 0.05) is 10.6 Å². The number of benzene rings is 2. The van der Waals surface area contributed by atoms with Crippen LogP contribution in [0.25, 0.3) is 0 Å². The molecule has 0 aromatic heterocycles. The summed E-state index contributed by atoms with van der Waals surface area (Å²) in [7, 11) is 1.69. The van der Waals surface area contributed by atoms with Crippen LogP contribution in [0.2, 0.25) is 0 Å². The maximum absolute atomic E-state index is 5.77. The zero-order valence-corrected chi connectivity index (χ0v) is 12.3. The van der Waals surface area contributed by atoms with Crippen LogP contribution < -0.4 is 4.74 Å². The molecule has 2 rings (SSSR count). The van der Waals surface area contributed by atoms with Crippen LogP contribution in [-0.4, -0.2) is 12.3 Å². The molecule has 0 bridgehead atoms. The number of thiocarbonyl (C=S) groups is 1. The maximum atomic E-state index is 5.77. The van der Waals surface area contributed by atoms with Gasteiger partial charge in [-0.25, -0.2) is 5.41 Å². The molecule has 0 heterocycles. The number of thioether (sulfide) groups is 1.